The lowest BCUT2D eigenvalue weighted by Crippen LogP contribution is -2.28. The number of hydrogen-bond acceptors (Lipinski definition) is 3. The molecular formula is C8H14O4. The first-order valence-electron chi connectivity index (χ1n) is 3.81. The molecule has 0 aliphatic heterocycles. The van der Waals surface area contributed by atoms with Gasteiger partial charge in [0.2, 0.25) is 0 Å². The summed E-state index contributed by atoms with van der Waals surface area (Å²) < 4.78 is 4.88. The number of ether oxygens (including phenoxy) is 1. The van der Waals surface area contributed by atoms with E-state index in [0.717, 1.165) is 0 Å². The van der Waals surface area contributed by atoms with Crippen molar-refractivity contribution in [3.63, 3.8) is 0 Å². The zero-order valence-corrected chi connectivity index (χ0v) is 7.59. The van der Waals surface area contributed by atoms with Gasteiger partial charge < -0.3 is 9.84 Å². The number of carboxylic acids is 1. The molecule has 0 aromatic rings. The quantitative estimate of drug-likeness (QED) is 0.513. The molecule has 0 spiro atoms. The van der Waals surface area contributed by atoms with Crippen LogP contribution >= 0.6 is 0 Å². The second kappa shape index (κ2) is 4.09. The monoisotopic (exact) mass is 174 g/mol. The highest BCUT2D eigenvalue weighted by molar-refractivity contribution is 5.90. The van der Waals surface area contributed by atoms with E-state index in [-0.39, 0.29) is 0 Å². The summed E-state index contributed by atoms with van der Waals surface area (Å²) in [6.07, 6.45) is 0.0990. The van der Waals surface area contributed by atoms with Crippen molar-refractivity contribution in [1.29, 1.82) is 0 Å². The Kier molecular flexibility index (Phi) is 3.73. The van der Waals surface area contributed by atoms with E-state index in [4.69, 9.17) is 9.84 Å². The van der Waals surface area contributed by atoms with Crippen LogP contribution in [0.3, 0.4) is 0 Å². The van der Waals surface area contributed by atoms with Crippen LogP contribution in [0.5, 0.6) is 0 Å². The summed E-state index contributed by atoms with van der Waals surface area (Å²) in [5, 5.41) is 8.25. The molecule has 0 saturated heterocycles. The molecule has 0 unspecified atom stereocenters. The average molecular weight is 174 g/mol. The first-order chi connectivity index (χ1) is 5.37. The fraction of sp³-hybridized carbons (Fsp3) is 0.750. The zero-order chi connectivity index (χ0) is 9.78. The van der Waals surface area contributed by atoms with E-state index in [2.05, 4.69) is 0 Å². The first-order valence-corrected chi connectivity index (χ1v) is 3.81. The van der Waals surface area contributed by atoms with Gasteiger partial charge in [0.05, 0.1) is 0 Å². The van der Waals surface area contributed by atoms with Crippen LogP contribution in [0.15, 0.2) is 0 Å². The van der Waals surface area contributed by atoms with Gasteiger partial charge in [-0.25, -0.2) is 0 Å². The molecule has 0 atom stereocenters. The van der Waals surface area contributed by atoms with Crippen molar-refractivity contribution in [2.75, 3.05) is 0 Å². The van der Waals surface area contributed by atoms with E-state index in [0.29, 0.717) is 6.42 Å². The van der Waals surface area contributed by atoms with Crippen molar-refractivity contribution >= 4 is 11.9 Å². The van der Waals surface area contributed by atoms with Crippen LogP contribution in [0.2, 0.25) is 0 Å². The van der Waals surface area contributed by atoms with Gasteiger partial charge in [0.15, 0.2) is 0 Å². The molecule has 0 fully saturated rings. The molecule has 1 N–H and O–H groups in total. The third kappa shape index (κ3) is 4.71. The Morgan fingerprint density at radius 3 is 2.25 bits per heavy atom. The van der Waals surface area contributed by atoms with Crippen molar-refractivity contribution in [1.82, 2.24) is 0 Å². The molecule has 0 radical (unpaired) electrons. The van der Waals surface area contributed by atoms with Gasteiger partial charge in [-0.1, -0.05) is 6.92 Å². The lowest BCUT2D eigenvalue weighted by Gasteiger charge is -2.22. The molecular weight excluding hydrogens is 160 g/mol. The molecule has 0 aliphatic rings. The minimum absolute atomic E-state index is 0.563. The van der Waals surface area contributed by atoms with Crippen LogP contribution in [0, 0.1) is 0 Å². The summed E-state index contributed by atoms with van der Waals surface area (Å²) in [6.45, 7) is 5.35. The van der Waals surface area contributed by atoms with E-state index in [9.17, 15) is 9.59 Å². The van der Waals surface area contributed by atoms with Crippen LogP contribution in [0.4, 0.5) is 0 Å². The minimum atomic E-state index is -1.16. The van der Waals surface area contributed by atoms with Crippen LogP contribution in [0.1, 0.15) is 33.6 Å². The topological polar surface area (TPSA) is 63.6 Å². The SMILES string of the molecule is CCC(C)(C)OC(=O)CC(=O)O. The molecule has 0 heterocycles. The van der Waals surface area contributed by atoms with Crippen LogP contribution in [-0.4, -0.2) is 22.6 Å². The maximum absolute atomic E-state index is 10.8. The largest absolute Gasteiger partial charge is 0.481 e. The molecule has 12 heavy (non-hydrogen) atoms. The van der Waals surface area contributed by atoms with Crippen LogP contribution < -0.4 is 0 Å². The van der Waals surface area contributed by atoms with Crippen molar-refractivity contribution in [3.05, 3.63) is 0 Å². The van der Waals surface area contributed by atoms with E-state index < -0.39 is 24.0 Å². The molecule has 70 valence electrons. The zero-order valence-electron chi connectivity index (χ0n) is 7.59. The number of carboxylic acid groups (broad SMARTS) is 1. The fourth-order valence-corrected chi connectivity index (χ4v) is 0.540. The van der Waals surface area contributed by atoms with E-state index >= 15 is 0 Å². The highest BCUT2D eigenvalue weighted by atomic mass is 16.6. The predicted molar refractivity (Wildman–Crippen MR) is 42.7 cm³/mol. The second-order valence-electron chi connectivity index (χ2n) is 3.16. The highest BCUT2D eigenvalue weighted by Gasteiger charge is 2.21. The van der Waals surface area contributed by atoms with E-state index in [1.165, 1.54) is 0 Å². The third-order valence-corrected chi connectivity index (χ3v) is 1.54. The Morgan fingerprint density at radius 1 is 1.42 bits per heavy atom. The lowest BCUT2D eigenvalue weighted by molar-refractivity contribution is -0.161. The van der Waals surface area contributed by atoms with Gasteiger partial charge in [-0.15, -0.1) is 0 Å². The van der Waals surface area contributed by atoms with Gasteiger partial charge in [-0.05, 0) is 20.3 Å². The van der Waals surface area contributed by atoms with Crippen molar-refractivity contribution in [2.24, 2.45) is 0 Å². The smallest absolute Gasteiger partial charge is 0.317 e. The number of carbonyl (C=O) groups is 2. The summed E-state index contributed by atoms with van der Waals surface area (Å²) in [7, 11) is 0. The summed E-state index contributed by atoms with van der Waals surface area (Å²) >= 11 is 0. The van der Waals surface area contributed by atoms with Gasteiger partial charge >= 0.3 is 11.9 Å². The lowest BCUT2D eigenvalue weighted by atomic mass is 10.1. The van der Waals surface area contributed by atoms with Crippen LogP contribution in [-0.2, 0) is 14.3 Å². The first kappa shape index (κ1) is 10.9. The van der Waals surface area contributed by atoms with Crippen molar-refractivity contribution < 1.29 is 19.4 Å². The molecule has 0 amide bonds. The Labute approximate surface area is 71.5 Å². The summed E-state index contributed by atoms with van der Waals surface area (Å²) in [5.41, 5.74) is -0.563. The molecule has 0 saturated carbocycles. The Bertz CT molecular complexity index is 183. The highest BCUT2D eigenvalue weighted by Crippen LogP contribution is 2.14. The standard InChI is InChI=1S/C8H14O4/c1-4-8(2,3)12-7(11)5-6(9)10/h4-5H2,1-3H3,(H,9,10). The van der Waals surface area contributed by atoms with Gasteiger partial charge in [0.25, 0.3) is 0 Å². The molecule has 0 aromatic heterocycles. The Hall–Kier alpha value is -1.06. The van der Waals surface area contributed by atoms with Crippen molar-refractivity contribution in [3.8, 4) is 0 Å². The molecule has 0 aromatic carbocycles. The van der Waals surface area contributed by atoms with E-state index in [1.54, 1.807) is 13.8 Å². The number of carbonyl (C=O) groups excluding carboxylic acids is 1. The molecule has 0 bridgehead atoms. The summed E-state index contributed by atoms with van der Waals surface area (Å²) in [6, 6.07) is 0. The summed E-state index contributed by atoms with van der Waals surface area (Å²) in [4.78, 5) is 20.9. The maximum Gasteiger partial charge on any atom is 0.317 e. The molecule has 4 nitrogen and oxygen atoms in total. The number of aliphatic carboxylic acids is 1. The normalized spacial score (nSPS) is 10.9. The average Bonchev–Trinajstić information content (AvgIpc) is 1.84. The van der Waals surface area contributed by atoms with Crippen LogP contribution in [0.25, 0.3) is 0 Å². The number of hydrogen-bond donors (Lipinski definition) is 1. The van der Waals surface area contributed by atoms with Gasteiger partial charge in [-0.3, -0.25) is 9.59 Å². The van der Waals surface area contributed by atoms with Crippen molar-refractivity contribution in [2.45, 2.75) is 39.2 Å². The third-order valence-electron chi connectivity index (χ3n) is 1.54. The molecule has 0 aliphatic carbocycles. The second-order valence-corrected chi connectivity index (χ2v) is 3.16. The minimum Gasteiger partial charge on any atom is -0.481 e. The molecule has 4 heteroatoms. The maximum atomic E-state index is 10.8. The number of esters is 1. The molecule has 0 rings (SSSR count). The Morgan fingerprint density at radius 2 is 1.92 bits per heavy atom. The van der Waals surface area contributed by atoms with Gasteiger partial charge in [-0.2, -0.15) is 0 Å². The van der Waals surface area contributed by atoms with E-state index in [1.807, 2.05) is 6.92 Å². The van der Waals surface area contributed by atoms with Gasteiger partial charge in [0.1, 0.15) is 12.0 Å². The fourth-order valence-electron chi connectivity index (χ4n) is 0.540. The van der Waals surface area contributed by atoms with Gasteiger partial charge in [0, 0.05) is 0 Å². The Balaban J connectivity index is 3.92. The summed E-state index contributed by atoms with van der Waals surface area (Å²) in [5.74, 6) is -1.85. The number of rotatable bonds is 4. The predicted octanol–water partition coefficient (Wildman–Crippen LogP) is 1.19.